The SMILES string of the molecule is CCOc1ccccc1NC(=O)N(CCCOC)CC(=O)Nc1cc(C)on1. The van der Waals surface area contributed by atoms with Crippen LogP contribution in [0.5, 0.6) is 5.75 Å². The van der Waals surface area contributed by atoms with Crippen molar-refractivity contribution in [3.63, 3.8) is 0 Å². The van der Waals surface area contributed by atoms with E-state index in [0.717, 1.165) is 0 Å². The van der Waals surface area contributed by atoms with Crippen LogP contribution in [-0.4, -0.2) is 55.4 Å². The highest BCUT2D eigenvalue weighted by Gasteiger charge is 2.19. The van der Waals surface area contributed by atoms with E-state index < -0.39 is 6.03 Å². The number of aromatic nitrogens is 1. The second-order valence-corrected chi connectivity index (χ2v) is 6.00. The van der Waals surface area contributed by atoms with Gasteiger partial charge in [-0.2, -0.15) is 0 Å². The van der Waals surface area contributed by atoms with E-state index in [0.29, 0.717) is 49.2 Å². The number of ether oxygens (including phenoxy) is 2. The number of nitrogens with zero attached hydrogens (tertiary/aromatic N) is 2. The fourth-order valence-corrected chi connectivity index (χ4v) is 2.48. The Balaban J connectivity index is 2.04. The fraction of sp³-hybridized carbons (Fsp3) is 0.421. The Morgan fingerprint density at radius 3 is 2.71 bits per heavy atom. The predicted octanol–water partition coefficient (Wildman–Crippen LogP) is 2.89. The summed E-state index contributed by atoms with van der Waals surface area (Å²) in [6.45, 7) is 4.75. The third kappa shape index (κ3) is 6.58. The maximum absolute atomic E-state index is 12.8. The minimum Gasteiger partial charge on any atom is -0.492 e. The minimum atomic E-state index is -0.408. The van der Waals surface area contributed by atoms with Gasteiger partial charge in [0, 0.05) is 26.3 Å². The summed E-state index contributed by atoms with van der Waals surface area (Å²) < 4.78 is 15.5. The minimum absolute atomic E-state index is 0.141. The molecule has 3 amide bonds. The van der Waals surface area contributed by atoms with E-state index in [4.69, 9.17) is 14.0 Å². The maximum atomic E-state index is 12.8. The molecule has 0 fully saturated rings. The molecule has 0 aliphatic rings. The van der Waals surface area contributed by atoms with Gasteiger partial charge in [-0.25, -0.2) is 4.79 Å². The molecule has 0 aliphatic heterocycles. The molecular weight excluding hydrogens is 364 g/mol. The standard InChI is InChI=1S/C19H26N4O5/c1-4-27-16-9-6-5-8-15(16)20-19(25)23(10-7-11-26-3)13-18(24)21-17-12-14(2)28-22-17/h5-6,8-9,12H,4,7,10-11,13H2,1-3H3,(H,20,25)(H,21,22,24). The van der Waals surface area contributed by atoms with Crippen LogP contribution in [0.2, 0.25) is 0 Å². The molecule has 9 heteroatoms. The van der Waals surface area contributed by atoms with Crippen LogP contribution < -0.4 is 15.4 Å². The second-order valence-electron chi connectivity index (χ2n) is 6.00. The molecule has 1 heterocycles. The van der Waals surface area contributed by atoms with Crippen LogP contribution in [0, 0.1) is 6.92 Å². The van der Waals surface area contributed by atoms with Gasteiger partial charge in [0.2, 0.25) is 5.91 Å². The highest BCUT2D eigenvalue weighted by molar-refractivity contribution is 5.97. The molecule has 2 aromatic rings. The summed E-state index contributed by atoms with van der Waals surface area (Å²) in [6.07, 6.45) is 0.591. The number of methoxy groups -OCH3 is 1. The van der Waals surface area contributed by atoms with E-state index in [1.54, 1.807) is 38.3 Å². The van der Waals surface area contributed by atoms with Gasteiger partial charge in [0.25, 0.3) is 0 Å². The third-order valence-electron chi connectivity index (χ3n) is 3.72. The number of carbonyl (C=O) groups is 2. The molecule has 2 rings (SSSR count). The van der Waals surface area contributed by atoms with Gasteiger partial charge in [0.15, 0.2) is 5.82 Å². The Morgan fingerprint density at radius 2 is 2.04 bits per heavy atom. The average molecular weight is 390 g/mol. The largest absolute Gasteiger partial charge is 0.492 e. The third-order valence-corrected chi connectivity index (χ3v) is 3.72. The Labute approximate surface area is 164 Å². The number of amides is 3. The molecular formula is C19H26N4O5. The van der Waals surface area contributed by atoms with Gasteiger partial charge in [0.1, 0.15) is 18.1 Å². The van der Waals surface area contributed by atoms with E-state index in [2.05, 4.69) is 15.8 Å². The van der Waals surface area contributed by atoms with Crippen LogP contribution in [0.25, 0.3) is 0 Å². The zero-order chi connectivity index (χ0) is 20.4. The number of rotatable bonds is 10. The quantitative estimate of drug-likeness (QED) is 0.604. The molecule has 0 saturated carbocycles. The Kier molecular flexibility index (Phi) is 8.29. The number of hydrogen-bond donors (Lipinski definition) is 2. The molecule has 1 aromatic heterocycles. The Bertz CT molecular complexity index is 777. The lowest BCUT2D eigenvalue weighted by Crippen LogP contribution is -2.41. The van der Waals surface area contributed by atoms with E-state index in [1.165, 1.54) is 4.90 Å². The van der Waals surface area contributed by atoms with Crippen molar-refractivity contribution < 1.29 is 23.6 Å². The van der Waals surface area contributed by atoms with E-state index >= 15 is 0 Å². The summed E-state index contributed by atoms with van der Waals surface area (Å²) in [6, 6.07) is 8.33. The molecule has 0 radical (unpaired) electrons. The molecule has 2 N–H and O–H groups in total. The van der Waals surface area contributed by atoms with Crippen molar-refractivity contribution >= 4 is 23.4 Å². The summed E-state index contributed by atoms with van der Waals surface area (Å²) in [5, 5.41) is 9.14. The Hall–Kier alpha value is -3.07. The van der Waals surface area contributed by atoms with Crippen LogP contribution in [0.3, 0.4) is 0 Å². The fourth-order valence-electron chi connectivity index (χ4n) is 2.48. The van der Waals surface area contributed by atoms with Crippen LogP contribution in [0.15, 0.2) is 34.9 Å². The predicted molar refractivity (Wildman–Crippen MR) is 105 cm³/mol. The average Bonchev–Trinajstić information content (AvgIpc) is 3.07. The molecule has 0 unspecified atom stereocenters. The molecule has 152 valence electrons. The van der Waals surface area contributed by atoms with Crippen molar-refractivity contribution in [2.24, 2.45) is 0 Å². The highest BCUT2D eigenvalue weighted by Crippen LogP contribution is 2.24. The van der Waals surface area contributed by atoms with Crippen LogP contribution in [-0.2, 0) is 9.53 Å². The molecule has 1 aromatic carbocycles. The first kappa shape index (κ1) is 21.2. The number of carbonyl (C=O) groups excluding carboxylic acids is 2. The van der Waals surface area contributed by atoms with Crippen molar-refractivity contribution in [3.8, 4) is 5.75 Å². The monoisotopic (exact) mass is 390 g/mol. The number of para-hydroxylation sites is 2. The molecule has 0 aliphatic carbocycles. The number of hydrogen-bond acceptors (Lipinski definition) is 6. The maximum Gasteiger partial charge on any atom is 0.322 e. The van der Waals surface area contributed by atoms with Crippen molar-refractivity contribution in [1.82, 2.24) is 10.1 Å². The smallest absolute Gasteiger partial charge is 0.322 e. The number of nitrogens with one attached hydrogen (secondary N) is 2. The van der Waals surface area contributed by atoms with Crippen molar-refractivity contribution in [2.75, 3.05) is 44.0 Å². The van der Waals surface area contributed by atoms with Gasteiger partial charge >= 0.3 is 6.03 Å². The molecule has 0 bridgehead atoms. The second kappa shape index (κ2) is 10.9. The zero-order valence-corrected chi connectivity index (χ0v) is 16.4. The van der Waals surface area contributed by atoms with Crippen LogP contribution in [0.1, 0.15) is 19.1 Å². The molecule has 28 heavy (non-hydrogen) atoms. The molecule has 9 nitrogen and oxygen atoms in total. The lowest BCUT2D eigenvalue weighted by Gasteiger charge is -2.23. The van der Waals surface area contributed by atoms with Crippen molar-refractivity contribution in [2.45, 2.75) is 20.3 Å². The summed E-state index contributed by atoms with van der Waals surface area (Å²) in [5.74, 6) is 1.08. The first-order valence-corrected chi connectivity index (χ1v) is 9.03. The topological polar surface area (TPSA) is 106 Å². The van der Waals surface area contributed by atoms with Crippen LogP contribution in [0.4, 0.5) is 16.3 Å². The Morgan fingerprint density at radius 1 is 1.25 bits per heavy atom. The number of benzene rings is 1. The van der Waals surface area contributed by atoms with E-state index in [9.17, 15) is 9.59 Å². The van der Waals surface area contributed by atoms with Gasteiger partial charge in [-0.3, -0.25) is 4.79 Å². The van der Waals surface area contributed by atoms with E-state index in [1.807, 2.05) is 13.0 Å². The number of anilines is 2. The van der Waals surface area contributed by atoms with Gasteiger partial charge in [-0.1, -0.05) is 17.3 Å². The van der Waals surface area contributed by atoms with Gasteiger partial charge in [-0.05, 0) is 32.4 Å². The summed E-state index contributed by atoms with van der Waals surface area (Å²) in [4.78, 5) is 26.5. The normalized spacial score (nSPS) is 10.4. The highest BCUT2D eigenvalue weighted by atomic mass is 16.5. The van der Waals surface area contributed by atoms with Crippen LogP contribution >= 0.6 is 0 Å². The van der Waals surface area contributed by atoms with Gasteiger partial charge in [-0.15, -0.1) is 0 Å². The first-order valence-electron chi connectivity index (χ1n) is 9.03. The van der Waals surface area contributed by atoms with Gasteiger partial charge < -0.3 is 29.5 Å². The summed E-state index contributed by atoms with van der Waals surface area (Å²) in [7, 11) is 1.59. The lowest BCUT2D eigenvalue weighted by molar-refractivity contribution is -0.116. The summed E-state index contributed by atoms with van der Waals surface area (Å²) >= 11 is 0. The van der Waals surface area contributed by atoms with Gasteiger partial charge in [0.05, 0.1) is 12.3 Å². The van der Waals surface area contributed by atoms with Crippen molar-refractivity contribution in [3.05, 3.63) is 36.1 Å². The zero-order valence-electron chi connectivity index (χ0n) is 16.4. The summed E-state index contributed by atoms with van der Waals surface area (Å²) in [5.41, 5.74) is 0.540. The number of urea groups is 1. The number of aryl methyl sites for hydroxylation is 1. The molecule has 0 atom stereocenters. The first-order chi connectivity index (χ1) is 13.5. The molecule has 0 saturated heterocycles. The van der Waals surface area contributed by atoms with E-state index in [-0.39, 0.29) is 12.5 Å². The molecule has 0 spiro atoms. The lowest BCUT2D eigenvalue weighted by atomic mass is 10.3. The van der Waals surface area contributed by atoms with Crippen molar-refractivity contribution in [1.29, 1.82) is 0 Å².